The van der Waals surface area contributed by atoms with E-state index in [1.807, 2.05) is 23.1 Å². The Morgan fingerprint density at radius 3 is 2.26 bits per heavy atom. The van der Waals surface area contributed by atoms with Crippen molar-refractivity contribution in [3.63, 3.8) is 0 Å². The third-order valence-corrected chi connectivity index (χ3v) is 5.80. The van der Waals surface area contributed by atoms with Crippen molar-refractivity contribution < 1.29 is 4.79 Å². The molecule has 3 rings (SSSR count). The average Bonchev–Trinajstić information content (AvgIpc) is 3.21. The van der Waals surface area contributed by atoms with Crippen LogP contribution >= 0.6 is 24.0 Å². The molecule has 2 N–H and O–H groups in total. The maximum absolute atomic E-state index is 12.6. The molecule has 1 heterocycles. The quantitative estimate of drug-likeness (QED) is 0.224. The molecule has 0 saturated carbocycles. The van der Waals surface area contributed by atoms with Crippen LogP contribution in [0.5, 0.6) is 0 Å². The molecule has 31 heavy (non-hydrogen) atoms. The Balaban J connectivity index is 0.00000341. The fourth-order valence-corrected chi connectivity index (χ4v) is 3.79. The molecule has 2 unspecified atom stereocenters. The van der Waals surface area contributed by atoms with Crippen molar-refractivity contribution in [3.05, 3.63) is 71.3 Å². The number of hydrogen-bond donors (Lipinski definition) is 2. The van der Waals surface area contributed by atoms with Gasteiger partial charge in [0.25, 0.3) is 0 Å². The third kappa shape index (κ3) is 7.23. The lowest BCUT2D eigenvalue weighted by atomic mass is 9.94. The number of carbonyl (C=O) groups is 1. The van der Waals surface area contributed by atoms with E-state index in [-0.39, 0.29) is 35.9 Å². The molecule has 2 atom stereocenters. The first-order chi connectivity index (χ1) is 14.6. The molecule has 5 nitrogen and oxygen atoms in total. The number of nitrogens with one attached hydrogen (secondary N) is 2. The first-order valence-corrected chi connectivity index (χ1v) is 11.0. The summed E-state index contributed by atoms with van der Waals surface area (Å²) in [6.45, 7) is 9.38. The highest BCUT2D eigenvalue weighted by atomic mass is 127. The van der Waals surface area contributed by atoms with Gasteiger partial charge in [-0.15, -0.1) is 24.0 Å². The molecule has 6 heteroatoms. The average molecular weight is 534 g/mol. The van der Waals surface area contributed by atoms with Crippen molar-refractivity contribution in [2.45, 2.75) is 58.7 Å². The van der Waals surface area contributed by atoms with Gasteiger partial charge in [-0.1, -0.05) is 61.5 Å². The van der Waals surface area contributed by atoms with E-state index in [1.165, 1.54) is 16.7 Å². The van der Waals surface area contributed by atoms with Gasteiger partial charge in [-0.25, -0.2) is 0 Å². The van der Waals surface area contributed by atoms with Gasteiger partial charge < -0.3 is 15.5 Å². The summed E-state index contributed by atoms with van der Waals surface area (Å²) in [5.74, 6) is 1.40. The smallest absolute Gasteiger partial charge is 0.223 e. The first kappa shape index (κ1) is 25.2. The first-order valence-electron chi connectivity index (χ1n) is 11.0. The lowest BCUT2D eigenvalue weighted by Crippen LogP contribution is -2.44. The Kier molecular flexibility index (Phi) is 10.3. The van der Waals surface area contributed by atoms with Gasteiger partial charge in [-0.05, 0) is 37.0 Å². The van der Waals surface area contributed by atoms with Crippen molar-refractivity contribution in [3.8, 4) is 0 Å². The van der Waals surface area contributed by atoms with Crippen molar-refractivity contribution in [1.29, 1.82) is 0 Å². The minimum Gasteiger partial charge on any atom is -0.357 e. The molecule has 0 saturated heterocycles. The second-order valence-electron chi connectivity index (χ2n) is 8.02. The van der Waals surface area contributed by atoms with Crippen molar-refractivity contribution in [2.24, 2.45) is 4.99 Å². The molecule has 1 amide bonds. The van der Waals surface area contributed by atoms with E-state index in [2.05, 4.69) is 67.8 Å². The molecule has 168 valence electrons. The van der Waals surface area contributed by atoms with Gasteiger partial charge in [0.1, 0.15) is 0 Å². The number of rotatable bonds is 8. The zero-order chi connectivity index (χ0) is 21.3. The Labute approximate surface area is 203 Å². The van der Waals surface area contributed by atoms with Crippen LogP contribution in [0.2, 0.25) is 0 Å². The van der Waals surface area contributed by atoms with E-state index in [1.54, 1.807) is 0 Å². The molecule has 0 aliphatic carbocycles. The van der Waals surface area contributed by atoms with Crippen molar-refractivity contribution >= 4 is 35.8 Å². The minimum absolute atomic E-state index is 0. The Morgan fingerprint density at radius 2 is 1.65 bits per heavy atom. The molecular formula is C25H35IN4O. The lowest BCUT2D eigenvalue weighted by Gasteiger charge is -2.24. The van der Waals surface area contributed by atoms with E-state index >= 15 is 0 Å². The molecular weight excluding hydrogens is 499 g/mol. The summed E-state index contributed by atoms with van der Waals surface area (Å²) in [6, 6.07) is 19.1. The van der Waals surface area contributed by atoms with Crippen molar-refractivity contribution in [1.82, 2.24) is 15.5 Å². The Morgan fingerprint density at radius 1 is 1.03 bits per heavy atom. The fraction of sp³-hybridized carbons (Fsp3) is 0.440. The number of aliphatic imine (C=N–C) groups is 1. The number of hydrogen-bond acceptors (Lipinski definition) is 2. The van der Waals surface area contributed by atoms with E-state index in [0.717, 1.165) is 32.0 Å². The molecule has 2 aromatic rings. The predicted octanol–water partition coefficient (Wildman–Crippen LogP) is 4.67. The number of fused-ring (bicyclic) bond motifs is 1. The summed E-state index contributed by atoms with van der Waals surface area (Å²) in [6.07, 6.45) is 1.29. The number of amides is 1. The molecule has 2 aromatic carbocycles. The Hall–Kier alpha value is -2.09. The van der Waals surface area contributed by atoms with Gasteiger partial charge in [0.2, 0.25) is 5.91 Å². The zero-order valence-corrected chi connectivity index (χ0v) is 21.1. The molecule has 0 spiro atoms. The third-order valence-electron chi connectivity index (χ3n) is 5.80. The molecule has 1 aliphatic rings. The summed E-state index contributed by atoms with van der Waals surface area (Å²) < 4.78 is 0. The molecule has 0 radical (unpaired) electrons. The number of benzene rings is 2. The zero-order valence-electron chi connectivity index (χ0n) is 18.8. The van der Waals surface area contributed by atoms with Crippen LogP contribution in [0.3, 0.4) is 0 Å². The van der Waals surface area contributed by atoms with E-state index in [0.29, 0.717) is 18.9 Å². The van der Waals surface area contributed by atoms with Crippen LogP contribution in [0.25, 0.3) is 0 Å². The van der Waals surface area contributed by atoms with Crippen LogP contribution in [0.1, 0.15) is 56.2 Å². The van der Waals surface area contributed by atoms with E-state index in [9.17, 15) is 4.79 Å². The maximum atomic E-state index is 12.6. The normalized spacial score (nSPS) is 14.9. The second-order valence-corrected chi connectivity index (χ2v) is 8.02. The van der Waals surface area contributed by atoms with Gasteiger partial charge in [-0.3, -0.25) is 9.79 Å². The number of carbonyl (C=O) groups excluding carboxylic acids is 1. The summed E-state index contributed by atoms with van der Waals surface area (Å²) in [5, 5.41) is 6.83. The molecule has 0 bridgehead atoms. The summed E-state index contributed by atoms with van der Waals surface area (Å²) in [5.41, 5.74) is 3.85. The topological polar surface area (TPSA) is 56.7 Å². The molecule has 1 aliphatic heterocycles. The van der Waals surface area contributed by atoms with Crippen LogP contribution in [0.15, 0.2) is 59.6 Å². The highest BCUT2D eigenvalue weighted by Gasteiger charge is 2.22. The van der Waals surface area contributed by atoms with Crippen LogP contribution in [0.4, 0.5) is 0 Å². The number of halogens is 1. The predicted molar refractivity (Wildman–Crippen MR) is 139 cm³/mol. The van der Waals surface area contributed by atoms with Crippen LogP contribution in [-0.4, -0.2) is 35.9 Å². The summed E-state index contributed by atoms with van der Waals surface area (Å²) in [7, 11) is 0. The number of guanidine groups is 1. The van der Waals surface area contributed by atoms with E-state index in [4.69, 9.17) is 4.99 Å². The molecule has 0 fully saturated rings. The largest absolute Gasteiger partial charge is 0.357 e. The SMILES string of the molecule is CCNC(=NCCCC(=O)N1Cc2ccccc2C1)NC(C)C(C)c1ccccc1.I. The molecule has 0 aromatic heterocycles. The lowest BCUT2D eigenvalue weighted by molar-refractivity contribution is -0.131. The standard InChI is InChI=1S/C25H34N4O.HI/c1-4-26-25(28-20(3)19(2)21-11-6-5-7-12-21)27-16-10-15-24(30)29-17-22-13-8-9-14-23(22)18-29;/h5-9,11-14,19-20H,4,10,15-18H2,1-3H3,(H2,26,27,28);1H. The van der Waals surface area contributed by atoms with Gasteiger partial charge in [-0.2, -0.15) is 0 Å². The van der Waals surface area contributed by atoms with Crippen molar-refractivity contribution in [2.75, 3.05) is 13.1 Å². The maximum Gasteiger partial charge on any atom is 0.223 e. The van der Waals surface area contributed by atoms with E-state index < -0.39 is 0 Å². The van der Waals surface area contributed by atoms with Crippen LogP contribution in [0, 0.1) is 0 Å². The highest BCUT2D eigenvalue weighted by Crippen LogP contribution is 2.23. The van der Waals surface area contributed by atoms with Crippen LogP contribution in [-0.2, 0) is 17.9 Å². The van der Waals surface area contributed by atoms with Crippen LogP contribution < -0.4 is 10.6 Å². The summed E-state index contributed by atoms with van der Waals surface area (Å²) in [4.78, 5) is 19.2. The van der Waals surface area contributed by atoms with Gasteiger partial charge in [0, 0.05) is 44.6 Å². The second kappa shape index (κ2) is 12.7. The summed E-state index contributed by atoms with van der Waals surface area (Å²) >= 11 is 0. The Bertz CT molecular complexity index is 831. The monoisotopic (exact) mass is 534 g/mol. The highest BCUT2D eigenvalue weighted by molar-refractivity contribution is 14.0. The van der Waals surface area contributed by atoms with Gasteiger partial charge in [0.15, 0.2) is 5.96 Å². The number of nitrogens with zero attached hydrogens (tertiary/aromatic N) is 2. The minimum atomic E-state index is 0. The van der Waals surface area contributed by atoms with Gasteiger partial charge >= 0.3 is 0 Å². The fourth-order valence-electron chi connectivity index (χ4n) is 3.79. The van der Waals surface area contributed by atoms with Gasteiger partial charge in [0.05, 0.1) is 0 Å².